The fraction of sp³-hybridized carbons (Fsp3) is 0.182. The smallest absolute Gasteiger partial charge is 0.242 e. The van der Waals surface area contributed by atoms with Crippen LogP contribution in [0.1, 0.15) is 0 Å². The molecule has 0 aliphatic rings. The molecule has 0 radical (unpaired) electrons. The number of benzene rings is 1. The highest BCUT2D eigenvalue weighted by Gasteiger charge is 2.16. The average Bonchev–Trinajstić information content (AvgIpc) is 2.75. The Morgan fingerprint density at radius 1 is 1.28 bits per heavy atom. The molecule has 0 aliphatic heterocycles. The van der Waals surface area contributed by atoms with Gasteiger partial charge in [-0.3, -0.25) is 4.68 Å². The predicted molar refractivity (Wildman–Crippen MR) is 69.2 cm³/mol. The third-order valence-corrected chi connectivity index (χ3v) is 3.90. The van der Waals surface area contributed by atoms with E-state index in [0.29, 0.717) is 5.69 Å². The van der Waals surface area contributed by atoms with Gasteiger partial charge in [-0.25, -0.2) is 13.1 Å². The third kappa shape index (κ3) is 2.52. The normalized spacial score (nSPS) is 11.4. The molecule has 0 unspecified atom stereocenters. The van der Waals surface area contributed by atoms with Crippen LogP contribution in [-0.2, 0) is 17.1 Å². The van der Waals surface area contributed by atoms with E-state index in [-0.39, 0.29) is 4.90 Å². The van der Waals surface area contributed by atoms with Gasteiger partial charge in [0.1, 0.15) is 4.90 Å². The number of aromatic nitrogens is 2. The van der Waals surface area contributed by atoms with Crippen LogP contribution in [0.15, 0.2) is 41.6 Å². The summed E-state index contributed by atoms with van der Waals surface area (Å²) in [6, 6.07) is 6.70. The summed E-state index contributed by atoms with van der Waals surface area (Å²) in [4.78, 5) is 0.205. The Morgan fingerprint density at radius 3 is 2.61 bits per heavy atom. The highest BCUT2D eigenvalue weighted by atomic mass is 32.2. The van der Waals surface area contributed by atoms with E-state index in [9.17, 15) is 8.42 Å². The maximum Gasteiger partial charge on any atom is 0.242 e. The van der Waals surface area contributed by atoms with Crippen molar-refractivity contribution in [3.05, 3.63) is 36.7 Å². The number of sulfonamides is 1. The van der Waals surface area contributed by atoms with E-state index in [1.165, 1.54) is 7.05 Å². The molecule has 0 aliphatic carbocycles. The highest BCUT2D eigenvalue weighted by Crippen LogP contribution is 2.23. The molecule has 1 aromatic heterocycles. The molecule has 7 heteroatoms. The van der Waals surface area contributed by atoms with Gasteiger partial charge in [0, 0.05) is 13.2 Å². The molecule has 1 aromatic carbocycles. The van der Waals surface area contributed by atoms with Crippen molar-refractivity contribution in [3.63, 3.8) is 0 Å². The van der Waals surface area contributed by atoms with Crippen molar-refractivity contribution in [2.24, 2.45) is 7.05 Å². The Bertz CT molecular complexity index is 649. The lowest BCUT2D eigenvalue weighted by Crippen LogP contribution is -2.19. The molecule has 2 rings (SSSR count). The van der Waals surface area contributed by atoms with Gasteiger partial charge >= 0.3 is 0 Å². The lowest BCUT2D eigenvalue weighted by atomic mass is 10.3. The fourth-order valence-corrected chi connectivity index (χ4v) is 2.44. The molecule has 0 saturated heterocycles. The molecular formula is C11H14N4O2S. The standard InChI is InChI=1S/C11H14N4O2S/c1-12-18(16,17)11-6-4-3-5-10(11)14-9-7-13-15(2)8-9/h3-8,12,14H,1-2H3. The lowest BCUT2D eigenvalue weighted by Gasteiger charge is -2.10. The van der Waals surface area contributed by atoms with E-state index in [4.69, 9.17) is 0 Å². The number of rotatable bonds is 4. The number of nitrogens with one attached hydrogen (secondary N) is 2. The first-order valence-corrected chi connectivity index (χ1v) is 6.79. The van der Waals surface area contributed by atoms with Gasteiger partial charge in [0.2, 0.25) is 10.0 Å². The Balaban J connectivity index is 2.40. The SMILES string of the molecule is CNS(=O)(=O)c1ccccc1Nc1cnn(C)c1. The lowest BCUT2D eigenvalue weighted by molar-refractivity contribution is 0.588. The predicted octanol–water partition coefficient (Wildman–Crippen LogP) is 1.07. The van der Waals surface area contributed by atoms with Crippen LogP contribution in [0.3, 0.4) is 0 Å². The average molecular weight is 266 g/mol. The van der Waals surface area contributed by atoms with Crippen molar-refractivity contribution in [2.45, 2.75) is 4.90 Å². The molecule has 1 heterocycles. The molecular weight excluding hydrogens is 252 g/mol. The molecule has 2 N–H and O–H groups in total. The zero-order chi connectivity index (χ0) is 13.2. The number of aryl methyl sites for hydroxylation is 1. The minimum absolute atomic E-state index is 0.205. The van der Waals surface area contributed by atoms with Crippen molar-refractivity contribution >= 4 is 21.4 Å². The minimum Gasteiger partial charge on any atom is -0.352 e. The second-order valence-electron chi connectivity index (χ2n) is 3.73. The third-order valence-electron chi connectivity index (χ3n) is 2.43. The summed E-state index contributed by atoms with van der Waals surface area (Å²) >= 11 is 0. The quantitative estimate of drug-likeness (QED) is 0.868. The van der Waals surface area contributed by atoms with Crippen LogP contribution in [0.5, 0.6) is 0 Å². The number of nitrogens with zero attached hydrogens (tertiary/aromatic N) is 2. The van der Waals surface area contributed by atoms with Crippen LogP contribution in [0.25, 0.3) is 0 Å². The second-order valence-corrected chi connectivity index (χ2v) is 5.59. The van der Waals surface area contributed by atoms with Crippen LogP contribution in [0.2, 0.25) is 0 Å². The summed E-state index contributed by atoms with van der Waals surface area (Å²) in [5.74, 6) is 0. The minimum atomic E-state index is -3.48. The van der Waals surface area contributed by atoms with Gasteiger partial charge in [-0.15, -0.1) is 0 Å². The van der Waals surface area contributed by atoms with Gasteiger partial charge in [-0.2, -0.15) is 5.10 Å². The number of anilines is 2. The molecule has 6 nitrogen and oxygen atoms in total. The van der Waals surface area contributed by atoms with Gasteiger partial charge in [0.15, 0.2) is 0 Å². The van der Waals surface area contributed by atoms with Gasteiger partial charge in [0.05, 0.1) is 17.6 Å². The molecule has 0 saturated carbocycles. The topological polar surface area (TPSA) is 76.0 Å². The van der Waals surface area contributed by atoms with Gasteiger partial charge in [-0.1, -0.05) is 12.1 Å². The zero-order valence-electron chi connectivity index (χ0n) is 10.1. The first-order chi connectivity index (χ1) is 8.53. The van der Waals surface area contributed by atoms with Gasteiger partial charge in [0.25, 0.3) is 0 Å². The fourth-order valence-electron chi connectivity index (χ4n) is 1.56. The van der Waals surface area contributed by atoms with Crippen molar-refractivity contribution in [1.29, 1.82) is 0 Å². The van der Waals surface area contributed by atoms with Gasteiger partial charge in [-0.05, 0) is 19.2 Å². The van der Waals surface area contributed by atoms with Crippen molar-refractivity contribution in [3.8, 4) is 0 Å². The number of hydrogen-bond donors (Lipinski definition) is 2. The summed E-state index contributed by atoms with van der Waals surface area (Å²) in [6.45, 7) is 0. The molecule has 0 spiro atoms. The van der Waals surface area contributed by atoms with E-state index in [1.807, 2.05) is 0 Å². The first kappa shape index (κ1) is 12.6. The zero-order valence-corrected chi connectivity index (χ0v) is 10.9. The molecule has 96 valence electrons. The van der Waals surface area contributed by atoms with Crippen molar-refractivity contribution in [1.82, 2.24) is 14.5 Å². The highest BCUT2D eigenvalue weighted by molar-refractivity contribution is 7.89. The molecule has 0 fully saturated rings. The summed E-state index contributed by atoms with van der Waals surface area (Å²) in [6.07, 6.45) is 3.39. The Labute approximate surface area is 106 Å². The summed E-state index contributed by atoms with van der Waals surface area (Å²) in [7, 11) is -0.304. The number of para-hydroxylation sites is 1. The van der Waals surface area contributed by atoms with E-state index < -0.39 is 10.0 Å². The largest absolute Gasteiger partial charge is 0.352 e. The molecule has 0 amide bonds. The number of hydrogen-bond acceptors (Lipinski definition) is 4. The molecule has 0 atom stereocenters. The van der Waals surface area contributed by atoms with E-state index in [0.717, 1.165) is 5.69 Å². The Kier molecular flexibility index (Phi) is 3.35. The summed E-state index contributed by atoms with van der Waals surface area (Å²) in [5, 5.41) is 7.05. The molecule has 18 heavy (non-hydrogen) atoms. The van der Waals surface area contributed by atoms with Crippen LogP contribution in [-0.4, -0.2) is 25.2 Å². The maximum atomic E-state index is 11.8. The monoisotopic (exact) mass is 266 g/mol. The Hall–Kier alpha value is -1.86. The van der Waals surface area contributed by atoms with Crippen LogP contribution >= 0.6 is 0 Å². The van der Waals surface area contributed by atoms with Crippen molar-refractivity contribution < 1.29 is 8.42 Å². The summed E-state index contributed by atoms with van der Waals surface area (Å²) < 4.78 is 27.6. The van der Waals surface area contributed by atoms with E-state index in [1.54, 1.807) is 48.4 Å². The summed E-state index contributed by atoms with van der Waals surface area (Å²) in [5.41, 5.74) is 1.25. The van der Waals surface area contributed by atoms with Gasteiger partial charge < -0.3 is 5.32 Å². The van der Waals surface area contributed by atoms with Crippen LogP contribution in [0, 0.1) is 0 Å². The van der Waals surface area contributed by atoms with E-state index >= 15 is 0 Å². The van der Waals surface area contributed by atoms with Crippen molar-refractivity contribution in [2.75, 3.05) is 12.4 Å². The van der Waals surface area contributed by atoms with E-state index in [2.05, 4.69) is 15.1 Å². The molecule has 2 aromatic rings. The van der Waals surface area contributed by atoms with Crippen LogP contribution < -0.4 is 10.0 Å². The Morgan fingerprint density at radius 2 is 2.00 bits per heavy atom. The maximum absolute atomic E-state index is 11.8. The second kappa shape index (κ2) is 4.79. The van der Waals surface area contributed by atoms with Crippen LogP contribution in [0.4, 0.5) is 11.4 Å². The first-order valence-electron chi connectivity index (χ1n) is 5.31. The molecule has 0 bridgehead atoms.